The molecule has 0 unspecified atom stereocenters. The molecule has 0 fully saturated rings. The van der Waals surface area contributed by atoms with E-state index in [0.29, 0.717) is 17.1 Å². The van der Waals surface area contributed by atoms with Crippen LogP contribution in [0.1, 0.15) is 17.2 Å². The Morgan fingerprint density at radius 3 is 2.58 bits per heavy atom. The van der Waals surface area contributed by atoms with Crippen molar-refractivity contribution in [1.82, 2.24) is 0 Å². The van der Waals surface area contributed by atoms with Crippen LogP contribution in [0.15, 0.2) is 52.4 Å². The van der Waals surface area contributed by atoms with E-state index in [1.807, 2.05) is 6.92 Å². The third kappa shape index (κ3) is 2.41. The maximum Gasteiger partial charge on any atom is 0.231 e. The summed E-state index contributed by atoms with van der Waals surface area (Å²) < 4.78 is 41.9. The fourth-order valence-electron chi connectivity index (χ4n) is 2.75. The lowest BCUT2D eigenvalue weighted by Gasteiger charge is -2.18. The average molecular weight is 345 g/mol. The molecular weight excluding hydrogens is 330 g/mol. The van der Waals surface area contributed by atoms with Gasteiger partial charge >= 0.3 is 0 Å². The molecule has 0 spiro atoms. The molecule has 0 saturated carbocycles. The molecule has 0 saturated heterocycles. The van der Waals surface area contributed by atoms with Crippen LogP contribution in [0.2, 0.25) is 0 Å². The minimum atomic E-state index is -3.66. The van der Waals surface area contributed by atoms with Gasteiger partial charge in [0, 0.05) is 0 Å². The smallest absolute Gasteiger partial charge is 0.231 e. The van der Waals surface area contributed by atoms with Crippen LogP contribution in [0.5, 0.6) is 11.5 Å². The van der Waals surface area contributed by atoms with Crippen LogP contribution in [0, 0.1) is 6.92 Å². The molecule has 2 aromatic rings. The van der Waals surface area contributed by atoms with Crippen molar-refractivity contribution in [2.45, 2.75) is 23.3 Å². The highest BCUT2D eigenvalue weighted by atomic mass is 32.2. The van der Waals surface area contributed by atoms with Crippen molar-refractivity contribution < 1.29 is 22.6 Å². The Hall–Kier alpha value is -2.54. The van der Waals surface area contributed by atoms with E-state index in [2.05, 4.69) is 4.99 Å². The molecule has 0 radical (unpaired) electrons. The van der Waals surface area contributed by atoms with Gasteiger partial charge < -0.3 is 14.2 Å². The van der Waals surface area contributed by atoms with E-state index >= 15 is 0 Å². The third-order valence-electron chi connectivity index (χ3n) is 4.07. The molecule has 2 aromatic carbocycles. The number of ether oxygens (including phenoxy) is 3. The topological polar surface area (TPSA) is 74.2 Å². The number of nitrogens with zero attached hydrogens (tertiary/aromatic N) is 1. The Balaban J connectivity index is 1.69. The summed E-state index contributed by atoms with van der Waals surface area (Å²) in [6.45, 7) is 2.06. The number of benzene rings is 2. The molecular formula is C17H15NO5S. The van der Waals surface area contributed by atoms with E-state index in [-0.39, 0.29) is 11.7 Å². The number of rotatable bonds is 3. The first-order chi connectivity index (χ1) is 11.6. The molecule has 4 rings (SSSR count). The van der Waals surface area contributed by atoms with Crippen LogP contribution in [0.25, 0.3) is 0 Å². The summed E-state index contributed by atoms with van der Waals surface area (Å²) in [6.07, 6.45) is 0.483. The fourth-order valence-corrected chi connectivity index (χ4v) is 4.30. The van der Waals surface area contributed by atoms with Crippen molar-refractivity contribution in [2.75, 3.05) is 6.79 Å². The molecule has 2 heterocycles. The highest BCUT2D eigenvalue weighted by molar-refractivity contribution is 7.92. The predicted molar refractivity (Wildman–Crippen MR) is 87.0 cm³/mol. The maximum absolute atomic E-state index is 12.9. The SMILES string of the molecule is Cc1ccc(S(=O)(=O)[C@H]2N=CO[C@H]2c2ccc3c(c2)OCO3)cc1. The lowest BCUT2D eigenvalue weighted by Crippen LogP contribution is -2.24. The van der Waals surface area contributed by atoms with E-state index in [9.17, 15) is 8.42 Å². The van der Waals surface area contributed by atoms with Crippen molar-refractivity contribution in [3.8, 4) is 11.5 Å². The van der Waals surface area contributed by atoms with Gasteiger partial charge in [0.25, 0.3) is 0 Å². The number of sulfone groups is 1. The first kappa shape index (κ1) is 15.0. The van der Waals surface area contributed by atoms with Gasteiger partial charge in [0.2, 0.25) is 16.6 Å². The summed E-state index contributed by atoms with van der Waals surface area (Å²) in [7, 11) is -3.66. The molecule has 0 aliphatic carbocycles. The summed E-state index contributed by atoms with van der Waals surface area (Å²) in [4.78, 5) is 4.28. The Morgan fingerprint density at radius 2 is 1.79 bits per heavy atom. The molecule has 0 bridgehead atoms. The van der Waals surface area contributed by atoms with Crippen molar-refractivity contribution in [3.63, 3.8) is 0 Å². The maximum atomic E-state index is 12.9. The lowest BCUT2D eigenvalue weighted by molar-refractivity contribution is 0.173. The zero-order valence-electron chi connectivity index (χ0n) is 12.9. The number of hydrogen-bond acceptors (Lipinski definition) is 6. The summed E-state index contributed by atoms with van der Waals surface area (Å²) in [5, 5.41) is -1.03. The van der Waals surface area contributed by atoms with Gasteiger partial charge in [-0.05, 0) is 36.8 Å². The summed E-state index contributed by atoms with van der Waals surface area (Å²) in [6, 6.07) is 12.0. The van der Waals surface area contributed by atoms with Crippen LogP contribution in [0.3, 0.4) is 0 Å². The highest BCUT2D eigenvalue weighted by Gasteiger charge is 2.40. The fraction of sp³-hybridized carbons (Fsp3) is 0.235. The number of aryl methyl sites for hydroxylation is 1. The second-order valence-corrected chi connectivity index (χ2v) is 7.72. The zero-order valence-corrected chi connectivity index (χ0v) is 13.7. The van der Waals surface area contributed by atoms with Gasteiger partial charge in [-0.1, -0.05) is 23.8 Å². The second-order valence-electron chi connectivity index (χ2n) is 5.67. The highest BCUT2D eigenvalue weighted by Crippen LogP contribution is 2.39. The van der Waals surface area contributed by atoms with Crippen molar-refractivity contribution in [1.29, 1.82) is 0 Å². The van der Waals surface area contributed by atoms with Gasteiger partial charge in [-0.15, -0.1) is 0 Å². The molecule has 2 atom stereocenters. The quantitative estimate of drug-likeness (QED) is 0.855. The Labute approximate surface area is 139 Å². The van der Waals surface area contributed by atoms with E-state index in [1.54, 1.807) is 42.5 Å². The molecule has 24 heavy (non-hydrogen) atoms. The Morgan fingerprint density at radius 1 is 1.04 bits per heavy atom. The third-order valence-corrected chi connectivity index (χ3v) is 6.00. The van der Waals surface area contributed by atoms with Gasteiger partial charge in [-0.2, -0.15) is 0 Å². The van der Waals surface area contributed by atoms with Crippen LogP contribution in [-0.2, 0) is 14.6 Å². The Kier molecular flexibility index (Phi) is 3.45. The largest absolute Gasteiger partial charge is 0.472 e. The van der Waals surface area contributed by atoms with E-state index in [0.717, 1.165) is 5.56 Å². The average Bonchev–Trinajstić information content (AvgIpc) is 3.24. The Bertz CT molecular complexity index is 905. The number of aliphatic imine (C=N–C) groups is 1. The van der Waals surface area contributed by atoms with Crippen LogP contribution in [-0.4, -0.2) is 27.0 Å². The number of fused-ring (bicyclic) bond motifs is 1. The molecule has 6 nitrogen and oxygen atoms in total. The minimum Gasteiger partial charge on any atom is -0.472 e. The normalized spacial score (nSPS) is 21.7. The van der Waals surface area contributed by atoms with Gasteiger partial charge in [-0.3, -0.25) is 0 Å². The second kappa shape index (κ2) is 5.52. The van der Waals surface area contributed by atoms with Crippen LogP contribution >= 0.6 is 0 Å². The number of hydrogen-bond donors (Lipinski definition) is 0. The zero-order chi connectivity index (χ0) is 16.7. The van der Waals surface area contributed by atoms with Gasteiger partial charge in [0.15, 0.2) is 29.4 Å². The first-order valence-electron chi connectivity index (χ1n) is 7.43. The van der Waals surface area contributed by atoms with Gasteiger partial charge in [0.1, 0.15) is 0 Å². The summed E-state index contributed by atoms with van der Waals surface area (Å²) in [5.74, 6) is 1.21. The predicted octanol–water partition coefficient (Wildman–Crippen LogP) is 2.62. The van der Waals surface area contributed by atoms with Crippen LogP contribution in [0.4, 0.5) is 0 Å². The monoisotopic (exact) mass is 345 g/mol. The lowest BCUT2D eigenvalue weighted by atomic mass is 10.1. The standard InChI is InChI=1S/C17H15NO5S/c1-11-2-5-13(6-3-11)24(19,20)17-16(21-9-18-17)12-4-7-14-15(8-12)23-10-22-14/h2-9,16-17H,10H2,1H3/t16-,17+/m0/s1. The molecule has 7 heteroatoms. The van der Waals surface area contributed by atoms with Crippen molar-refractivity contribution in [2.24, 2.45) is 4.99 Å². The molecule has 2 aliphatic heterocycles. The van der Waals surface area contributed by atoms with Crippen molar-refractivity contribution >= 4 is 16.2 Å². The molecule has 124 valence electrons. The summed E-state index contributed by atoms with van der Waals surface area (Å²) >= 11 is 0. The molecule has 0 aromatic heterocycles. The summed E-state index contributed by atoms with van der Waals surface area (Å²) in [5.41, 5.74) is 1.67. The van der Waals surface area contributed by atoms with E-state index in [4.69, 9.17) is 14.2 Å². The molecule has 2 aliphatic rings. The first-order valence-corrected chi connectivity index (χ1v) is 8.97. The van der Waals surface area contributed by atoms with Crippen molar-refractivity contribution in [3.05, 3.63) is 53.6 Å². The molecule has 0 amide bonds. The van der Waals surface area contributed by atoms with Crippen LogP contribution < -0.4 is 9.47 Å². The van der Waals surface area contributed by atoms with Gasteiger partial charge in [0.05, 0.1) is 4.90 Å². The van der Waals surface area contributed by atoms with E-state index in [1.165, 1.54) is 6.40 Å². The molecule has 0 N–H and O–H groups in total. The van der Waals surface area contributed by atoms with Gasteiger partial charge in [-0.25, -0.2) is 13.4 Å². The minimum absolute atomic E-state index is 0.159. The van der Waals surface area contributed by atoms with E-state index < -0.39 is 21.3 Å².